The smallest absolute Gasteiger partial charge is 0.129 e. The molecule has 1 atom stereocenters. The highest BCUT2D eigenvalue weighted by Crippen LogP contribution is 2.27. The molecule has 1 aliphatic carbocycles. The Morgan fingerprint density at radius 3 is 2.59 bits per heavy atom. The summed E-state index contributed by atoms with van der Waals surface area (Å²) in [6.07, 6.45) is 16.8. The van der Waals surface area contributed by atoms with Crippen LogP contribution in [0, 0.1) is 0 Å². The van der Waals surface area contributed by atoms with Gasteiger partial charge in [-0.1, -0.05) is 32.1 Å². The molecule has 1 aliphatic rings. The van der Waals surface area contributed by atoms with Crippen LogP contribution in [0.5, 0.6) is 11.5 Å². The third-order valence-corrected chi connectivity index (χ3v) is 5.05. The van der Waals surface area contributed by atoms with E-state index >= 15 is 0 Å². The Hall–Kier alpha value is -3.51. The van der Waals surface area contributed by atoms with Gasteiger partial charge in [-0.15, -0.1) is 0 Å². The SMILES string of the molecule is CC.C\C=C/C(=C\C=C/OSc1ccc(Oc2cccc(N)c2)cc1)OC1C=C(N)C=CCC1. The average Bonchev–Trinajstić information content (AvgIpc) is 3.05. The molecule has 2 aromatic rings. The second-order valence-corrected chi connectivity index (χ2v) is 7.86. The van der Waals surface area contributed by atoms with Crippen LogP contribution >= 0.6 is 12.0 Å². The molecule has 0 aromatic heterocycles. The zero-order chi connectivity index (χ0) is 24.6. The summed E-state index contributed by atoms with van der Waals surface area (Å²) >= 11 is 1.26. The van der Waals surface area contributed by atoms with Crippen molar-refractivity contribution in [2.45, 2.75) is 44.6 Å². The fourth-order valence-corrected chi connectivity index (χ4v) is 3.40. The molecule has 0 heterocycles. The molecular weight excluding hydrogens is 444 g/mol. The Bertz CT molecular complexity index is 1020. The monoisotopic (exact) mass is 478 g/mol. The highest BCUT2D eigenvalue weighted by molar-refractivity contribution is 7.94. The summed E-state index contributed by atoms with van der Waals surface area (Å²) < 4.78 is 17.4. The number of hydrogen-bond donors (Lipinski definition) is 2. The van der Waals surface area contributed by atoms with Crippen LogP contribution in [0.15, 0.2) is 114 Å². The van der Waals surface area contributed by atoms with E-state index in [1.165, 1.54) is 12.0 Å². The lowest BCUT2D eigenvalue weighted by Crippen LogP contribution is -2.10. The summed E-state index contributed by atoms with van der Waals surface area (Å²) in [5.41, 5.74) is 13.1. The quantitative estimate of drug-likeness (QED) is 0.167. The van der Waals surface area contributed by atoms with Crippen LogP contribution in [0.25, 0.3) is 0 Å². The minimum Gasteiger partial charge on any atom is -0.486 e. The Balaban J connectivity index is 0.00000199. The maximum Gasteiger partial charge on any atom is 0.129 e. The lowest BCUT2D eigenvalue weighted by molar-refractivity contribution is 0.158. The van der Waals surface area contributed by atoms with Crippen LogP contribution in [0.3, 0.4) is 0 Å². The third kappa shape index (κ3) is 9.96. The van der Waals surface area contributed by atoms with Crippen LogP contribution < -0.4 is 16.2 Å². The Labute approximate surface area is 207 Å². The second kappa shape index (κ2) is 15.3. The summed E-state index contributed by atoms with van der Waals surface area (Å²) in [5.74, 6) is 2.18. The van der Waals surface area contributed by atoms with Crippen LogP contribution in [0.1, 0.15) is 33.6 Å². The molecule has 180 valence electrons. The number of hydrogen-bond acceptors (Lipinski definition) is 6. The number of ether oxygens (including phenoxy) is 2. The fraction of sp³-hybridized carbons (Fsp3) is 0.214. The summed E-state index contributed by atoms with van der Waals surface area (Å²) in [5, 5.41) is 0. The van der Waals surface area contributed by atoms with Crippen molar-refractivity contribution >= 4 is 17.7 Å². The molecule has 5 nitrogen and oxygen atoms in total. The van der Waals surface area contributed by atoms with Gasteiger partial charge in [-0.25, -0.2) is 0 Å². The minimum absolute atomic E-state index is 0.0517. The van der Waals surface area contributed by atoms with Crippen LogP contribution in [-0.2, 0) is 8.92 Å². The lowest BCUT2D eigenvalue weighted by Gasteiger charge is -2.15. The normalized spacial score (nSPS) is 15.9. The number of anilines is 1. The maximum absolute atomic E-state index is 6.06. The molecule has 0 saturated carbocycles. The first kappa shape index (κ1) is 26.7. The molecule has 0 amide bonds. The van der Waals surface area contributed by atoms with E-state index in [-0.39, 0.29) is 6.10 Å². The lowest BCUT2D eigenvalue weighted by atomic mass is 10.2. The van der Waals surface area contributed by atoms with E-state index in [4.69, 9.17) is 25.1 Å². The van der Waals surface area contributed by atoms with Gasteiger partial charge in [0, 0.05) is 22.3 Å². The Kier molecular flexibility index (Phi) is 12.1. The minimum atomic E-state index is -0.0517. The standard InChI is InChI=1S/C26H28N2O3S.C2H6/c1-2-7-22(30-24-10-4-3-8-20(27)18-24)12-6-17-29-32-26-15-13-23(14-16-26)31-25-11-5-9-21(28)19-25;1-2/h2-3,5-9,11-19,24H,4,10,27-28H2,1H3;1-2H3/b7-2-,17-6-,22-12+;. The van der Waals surface area contributed by atoms with Crippen molar-refractivity contribution in [1.82, 2.24) is 0 Å². The summed E-state index contributed by atoms with van der Waals surface area (Å²) in [6, 6.07) is 15.0. The molecule has 0 aliphatic heterocycles. The molecule has 0 bridgehead atoms. The summed E-state index contributed by atoms with van der Waals surface area (Å²) in [6.45, 7) is 5.95. The highest BCUT2D eigenvalue weighted by atomic mass is 32.2. The van der Waals surface area contributed by atoms with Crippen LogP contribution in [-0.4, -0.2) is 6.10 Å². The van der Waals surface area contributed by atoms with Crippen molar-refractivity contribution in [3.63, 3.8) is 0 Å². The van der Waals surface area contributed by atoms with E-state index in [1.54, 1.807) is 12.3 Å². The summed E-state index contributed by atoms with van der Waals surface area (Å²) in [4.78, 5) is 0.954. The molecule has 0 radical (unpaired) electrons. The van der Waals surface area contributed by atoms with Crippen molar-refractivity contribution in [3.8, 4) is 11.5 Å². The molecular formula is C28H34N2O3S. The van der Waals surface area contributed by atoms with Crippen molar-refractivity contribution < 1.29 is 13.7 Å². The van der Waals surface area contributed by atoms with Crippen molar-refractivity contribution in [1.29, 1.82) is 0 Å². The molecule has 1 unspecified atom stereocenters. The predicted octanol–water partition coefficient (Wildman–Crippen LogP) is 7.66. The van der Waals surface area contributed by atoms with Gasteiger partial charge in [-0.05, 0) is 86.5 Å². The van der Waals surface area contributed by atoms with Gasteiger partial charge in [0.2, 0.25) is 0 Å². The van der Waals surface area contributed by atoms with Gasteiger partial charge in [0.1, 0.15) is 29.6 Å². The van der Waals surface area contributed by atoms with Gasteiger partial charge in [-0.3, -0.25) is 0 Å². The second-order valence-electron chi connectivity index (χ2n) is 7.03. The molecule has 2 aromatic carbocycles. The number of nitrogen functional groups attached to an aromatic ring is 1. The number of allylic oxidation sites excluding steroid dienone is 6. The van der Waals surface area contributed by atoms with Gasteiger partial charge in [0.05, 0.1) is 12.0 Å². The molecule has 4 N–H and O–H groups in total. The maximum atomic E-state index is 6.06. The number of rotatable bonds is 9. The van der Waals surface area contributed by atoms with Crippen molar-refractivity contribution in [2.75, 3.05) is 5.73 Å². The predicted molar refractivity (Wildman–Crippen MR) is 143 cm³/mol. The average molecular weight is 479 g/mol. The number of benzene rings is 2. The van der Waals surface area contributed by atoms with E-state index in [0.717, 1.165) is 34.9 Å². The molecule has 34 heavy (non-hydrogen) atoms. The topological polar surface area (TPSA) is 79.7 Å². The van der Waals surface area contributed by atoms with E-state index in [9.17, 15) is 0 Å². The number of nitrogens with two attached hydrogens (primary N) is 2. The van der Waals surface area contributed by atoms with Gasteiger partial charge in [0.15, 0.2) is 0 Å². The van der Waals surface area contributed by atoms with Gasteiger partial charge in [-0.2, -0.15) is 0 Å². The first-order valence-electron chi connectivity index (χ1n) is 11.4. The van der Waals surface area contributed by atoms with Gasteiger partial charge >= 0.3 is 0 Å². The molecule has 0 saturated heterocycles. The van der Waals surface area contributed by atoms with Crippen molar-refractivity contribution in [3.05, 3.63) is 109 Å². The summed E-state index contributed by atoms with van der Waals surface area (Å²) in [7, 11) is 0. The Morgan fingerprint density at radius 1 is 1.06 bits per heavy atom. The van der Waals surface area contributed by atoms with Gasteiger partial charge in [0.25, 0.3) is 0 Å². The van der Waals surface area contributed by atoms with Crippen LogP contribution in [0.4, 0.5) is 5.69 Å². The van der Waals surface area contributed by atoms with E-state index in [2.05, 4.69) is 6.08 Å². The molecule has 0 spiro atoms. The third-order valence-electron chi connectivity index (χ3n) is 4.38. The molecule has 3 rings (SSSR count). The van der Waals surface area contributed by atoms with E-state index < -0.39 is 0 Å². The Morgan fingerprint density at radius 2 is 1.85 bits per heavy atom. The van der Waals surface area contributed by atoms with Crippen molar-refractivity contribution in [2.24, 2.45) is 5.73 Å². The van der Waals surface area contributed by atoms with Crippen LogP contribution in [0.2, 0.25) is 0 Å². The zero-order valence-corrected chi connectivity index (χ0v) is 20.8. The zero-order valence-electron chi connectivity index (χ0n) is 20.0. The fourth-order valence-electron chi connectivity index (χ4n) is 2.93. The molecule has 0 fully saturated rings. The van der Waals surface area contributed by atoms with E-state index in [1.807, 2.05) is 99.7 Å². The highest BCUT2D eigenvalue weighted by Gasteiger charge is 2.09. The first-order valence-corrected chi connectivity index (χ1v) is 12.1. The van der Waals surface area contributed by atoms with E-state index in [0.29, 0.717) is 11.4 Å². The largest absolute Gasteiger partial charge is 0.486 e. The molecule has 6 heteroatoms. The first-order chi connectivity index (χ1) is 16.6. The van der Waals surface area contributed by atoms with Gasteiger partial charge < -0.3 is 25.1 Å².